The van der Waals surface area contributed by atoms with E-state index in [9.17, 15) is 9.90 Å². The van der Waals surface area contributed by atoms with E-state index in [0.717, 1.165) is 39.8 Å². The quantitative estimate of drug-likeness (QED) is 0.582. The molecule has 4 saturated carbocycles. The molecule has 0 aliphatic heterocycles. The lowest BCUT2D eigenvalue weighted by Crippen LogP contribution is -2.48. The molecule has 3 heteroatoms. The summed E-state index contributed by atoms with van der Waals surface area (Å²) in [6.07, 6.45) is 8.22. The van der Waals surface area contributed by atoms with Crippen molar-refractivity contribution < 1.29 is 14.6 Å². The van der Waals surface area contributed by atoms with E-state index in [-0.39, 0.29) is 11.0 Å². The number of ether oxygens (including phenoxy) is 1. The molecule has 4 bridgehead atoms. The number of carbonyl (C=O) groups is 1. The molecule has 0 heterocycles. The number of fused-ring (bicyclic) bond motifs is 1. The molecule has 3 aromatic carbocycles. The van der Waals surface area contributed by atoms with Gasteiger partial charge in [-0.2, -0.15) is 0 Å². The van der Waals surface area contributed by atoms with Gasteiger partial charge < -0.3 is 14.6 Å². The molecule has 0 amide bonds. The molecule has 7 rings (SSSR count). The number of benzene rings is 3. The van der Waals surface area contributed by atoms with Crippen LogP contribution >= 0.6 is 0 Å². The number of hydrogen-bond acceptors (Lipinski definition) is 3. The Balaban J connectivity index is 1.43. The van der Waals surface area contributed by atoms with Crippen molar-refractivity contribution in [3.05, 3.63) is 65.7 Å². The van der Waals surface area contributed by atoms with Gasteiger partial charge in [-0.1, -0.05) is 30.3 Å². The molecule has 0 aromatic heterocycles. The van der Waals surface area contributed by atoms with Crippen molar-refractivity contribution in [2.45, 2.75) is 43.9 Å². The Morgan fingerprint density at radius 1 is 0.839 bits per heavy atom. The van der Waals surface area contributed by atoms with Crippen LogP contribution in [0.1, 0.15) is 54.4 Å². The average Bonchev–Trinajstić information content (AvgIpc) is 2.77. The summed E-state index contributed by atoms with van der Waals surface area (Å²) in [7, 11) is 1.80. The Hall–Kier alpha value is -2.81. The number of carboxylic acids is 1. The molecule has 0 N–H and O–H groups in total. The Morgan fingerprint density at radius 2 is 1.42 bits per heavy atom. The Morgan fingerprint density at radius 3 is 2.06 bits per heavy atom. The van der Waals surface area contributed by atoms with Crippen LogP contribution in [0.5, 0.6) is 5.75 Å². The van der Waals surface area contributed by atoms with Gasteiger partial charge >= 0.3 is 0 Å². The Kier molecular flexibility index (Phi) is 4.18. The fourth-order valence-electron chi connectivity index (χ4n) is 7.29. The lowest BCUT2D eigenvalue weighted by molar-refractivity contribution is -0.255. The second kappa shape index (κ2) is 6.85. The lowest BCUT2D eigenvalue weighted by atomic mass is 9.48. The summed E-state index contributed by atoms with van der Waals surface area (Å²) in [6.45, 7) is 0. The van der Waals surface area contributed by atoms with Gasteiger partial charge in [-0.3, -0.25) is 0 Å². The standard InChI is InChI=1S/C28H28O3/c1-31-26-7-6-23(21-2-3-22-12-24(27(29)30)5-4-20(22)11-21)13-25(26)28-14-17-8-18(15-28)10-19(9-17)16-28/h2-7,11-13,17-19H,8-10,14-16H2,1H3,(H,29,30)/p-1. The predicted octanol–water partition coefficient (Wildman–Crippen LogP) is 5.35. The van der Waals surface area contributed by atoms with E-state index in [4.69, 9.17) is 4.74 Å². The predicted molar refractivity (Wildman–Crippen MR) is 120 cm³/mol. The van der Waals surface area contributed by atoms with Gasteiger partial charge in [0.1, 0.15) is 5.75 Å². The molecule has 0 saturated heterocycles. The first-order valence-corrected chi connectivity index (χ1v) is 11.5. The summed E-state index contributed by atoms with van der Waals surface area (Å²) in [4.78, 5) is 11.2. The van der Waals surface area contributed by atoms with E-state index in [2.05, 4.69) is 30.3 Å². The molecule has 4 fully saturated rings. The highest BCUT2D eigenvalue weighted by Gasteiger charge is 2.52. The number of carboxylic acid groups (broad SMARTS) is 1. The topological polar surface area (TPSA) is 49.4 Å². The SMILES string of the molecule is COc1ccc(-c2ccc3cc(C(=O)[O-])ccc3c2)cc1C12CC3CC(CC(C3)C1)C2. The molecular weight excluding hydrogens is 384 g/mol. The third-order valence-corrected chi connectivity index (χ3v) is 8.22. The van der Waals surface area contributed by atoms with Crippen molar-refractivity contribution in [1.29, 1.82) is 0 Å². The number of hydrogen-bond donors (Lipinski definition) is 0. The summed E-state index contributed by atoms with van der Waals surface area (Å²) < 4.78 is 5.87. The van der Waals surface area contributed by atoms with Gasteiger partial charge in [-0.15, -0.1) is 0 Å². The van der Waals surface area contributed by atoms with Crippen molar-refractivity contribution in [3.8, 4) is 16.9 Å². The van der Waals surface area contributed by atoms with Gasteiger partial charge in [0.05, 0.1) is 13.1 Å². The zero-order valence-corrected chi connectivity index (χ0v) is 17.9. The third kappa shape index (κ3) is 3.05. The van der Waals surface area contributed by atoms with E-state index in [1.54, 1.807) is 19.2 Å². The van der Waals surface area contributed by atoms with Crippen LogP contribution < -0.4 is 9.84 Å². The van der Waals surface area contributed by atoms with Crippen LogP contribution in [-0.2, 0) is 5.41 Å². The molecular formula is C28H27O3-. The molecule has 0 radical (unpaired) electrons. The van der Waals surface area contributed by atoms with Gasteiger partial charge in [0.15, 0.2) is 0 Å². The maximum absolute atomic E-state index is 11.2. The van der Waals surface area contributed by atoms with Crippen LogP contribution in [0.15, 0.2) is 54.6 Å². The fourth-order valence-corrected chi connectivity index (χ4v) is 7.29. The molecule has 3 aromatic rings. The van der Waals surface area contributed by atoms with Gasteiger partial charge in [-0.25, -0.2) is 0 Å². The highest BCUT2D eigenvalue weighted by Crippen LogP contribution is 2.62. The average molecular weight is 412 g/mol. The monoisotopic (exact) mass is 411 g/mol. The molecule has 0 atom stereocenters. The normalized spacial score (nSPS) is 28.7. The molecule has 31 heavy (non-hydrogen) atoms. The van der Waals surface area contributed by atoms with Crippen molar-refractivity contribution in [1.82, 2.24) is 0 Å². The smallest absolute Gasteiger partial charge is 0.122 e. The lowest BCUT2D eigenvalue weighted by Gasteiger charge is -2.57. The minimum absolute atomic E-state index is 0.216. The zero-order chi connectivity index (χ0) is 21.2. The number of carbonyl (C=O) groups excluding carboxylic acids is 1. The maximum atomic E-state index is 11.2. The fraction of sp³-hybridized carbons (Fsp3) is 0.393. The number of methoxy groups -OCH3 is 1. The minimum Gasteiger partial charge on any atom is -0.545 e. The second-order valence-electron chi connectivity index (χ2n) is 10.2. The van der Waals surface area contributed by atoms with E-state index in [1.807, 2.05) is 12.1 Å². The van der Waals surface area contributed by atoms with E-state index >= 15 is 0 Å². The molecule has 158 valence electrons. The van der Waals surface area contributed by atoms with Crippen LogP contribution in [-0.4, -0.2) is 13.1 Å². The molecule has 3 nitrogen and oxygen atoms in total. The Bertz CT molecular complexity index is 1160. The molecule has 0 spiro atoms. The third-order valence-electron chi connectivity index (χ3n) is 8.22. The highest BCUT2D eigenvalue weighted by atomic mass is 16.5. The van der Waals surface area contributed by atoms with Crippen LogP contribution in [0.2, 0.25) is 0 Å². The first-order valence-electron chi connectivity index (χ1n) is 11.5. The Labute approximate surface area is 183 Å². The summed E-state index contributed by atoms with van der Waals surface area (Å²) in [6, 6.07) is 18.1. The van der Waals surface area contributed by atoms with Crippen molar-refractivity contribution in [2.75, 3.05) is 7.11 Å². The largest absolute Gasteiger partial charge is 0.545 e. The number of rotatable bonds is 4. The highest BCUT2D eigenvalue weighted by molar-refractivity contribution is 5.95. The van der Waals surface area contributed by atoms with E-state index in [0.29, 0.717) is 0 Å². The number of aromatic carboxylic acids is 1. The first kappa shape index (κ1) is 18.9. The van der Waals surface area contributed by atoms with Gasteiger partial charge in [0, 0.05) is 5.56 Å². The summed E-state index contributed by atoms with van der Waals surface area (Å²) in [5, 5.41) is 13.1. The van der Waals surface area contributed by atoms with E-state index < -0.39 is 5.97 Å². The van der Waals surface area contributed by atoms with Crippen LogP contribution in [0.25, 0.3) is 21.9 Å². The molecule has 4 aliphatic carbocycles. The van der Waals surface area contributed by atoms with Crippen molar-refractivity contribution in [3.63, 3.8) is 0 Å². The molecule has 0 unspecified atom stereocenters. The van der Waals surface area contributed by atoms with Gasteiger partial charge in [-0.05, 0) is 113 Å². The van der Waals surface area contributed by atoms with Crippen LogP contribution in [0.3, 0.4) is 0 Å². The van der Waals surface area contributed by atoms with Gasteiger partial charge in [0.25, 0.3) is 0 Å². The summed E-state index contributed by atoms with van der Waals surface area (Å²) in [5.74, 6) is 2.56. The van der Waals surface area contributed by atoms with Crippen LogP contribution in [0, 0.1) is 17.8 Å². The molecule has 4 aliphatic rings. The van der Waals surface area contributed by atoms with Crippen molar-refractivity contribution >= 4 is 16.7 Å². The zero-order valence-electron chi connectivity index (χ0n) is 17.9. The van der Waals surface area contributed by atoms with E-state index in [1.165, 1.54) is 49.7 Å². The maximum Gasteiger partial charge on any atom is 0.122 e. The first-order chi connectivity index (χ1) is 15.0. The summed E-state index contributed by atoms with van der Waals surface area (Å²) in [5.41, 5.74) is 4.25. The van der Waals surface area contributed by atoms with Gasteiger partial charge in [0.2, 0.25) is 0 Å². The minimum atomic E-state index is -1.14. The second-order valence-corrected chi connectivity index (χ2v) is 10.2. The van der Waals surface area contributed by atoms with Crippen molar-refractivity contribution in [2.24, 2.45) is 17.8 Å². The van der Waals surface area contributed by atoms with Crippen LogP contribution in [0.4, 0.5) is 0 Å². The summed E-state index contributed by atoms with van der Waals surface area (Å²) >= 11 is 0.